The van der Waals surface area contributed by atoms with Crippen molar-refractivity contribution in [2.24, 2.45) is 12.1 Å². The van der Waals surface area contributed by atoms with Gasteiger partial charge in [0.2, 0.25) is 5.95 Å². The van der Waals surface area contributed by atoms with Crippen molar-refractivity contribution in [2.45, 2.75) is 33.2 Å². The molecule has 27 heavy (non-hydrogen) atoms. The lowest BCUT2D eigenvalue weighted by Crippen LogP contribution is -2.29. The Kier molecular flexibility index (Phi) is 5.46. The number of rotatable bonds is 6. The minimum absolute atomic E-state index is 0.321. The first-order chi connectivity index (χ1) is 12.9. The molecular weight excluding hydrogens is 368 g/mol. The van der Waals surface area contributed by atoms with Crippen molar-refractivity contribution in [1.29, 1.82) is 0 Å². The van der Waals surface area contributed by atoms with E-state index in [2.05, 4.69) is 27.4 Å². The van der Waals surface area contributed by atoms with Crippen molar-refractivity contribution < 1.29 is 0 Å². The molecule has 2 N–H and O–H groups in total. The summed E-state index contributed by atoms with van der Waals surface area (Å²) in [6.07, 6.45) is 1.82. The highest BCUT2D eigenvalue weighted by atomic mass is 35.5. The predicted octanol–water partition coefficient (Wildman–Crippen LogP) is 2.71. The van der Waals surface area contributed by atoms with E-state index in [1.165, 1.54) is 4.57 Å². The van der Waals surface area contributed by atoms with Crippen molar-refractivity contribution in [3.63, 3.8) is 0 Å². The van der Waals surface area contributed by atoms with Crippen LogP contribution >= 0.6 is 11.6 Å². The molecule has 0 amide bonds. The first-order valence-electron chi connectivity index (χ1n) is 8.68. The lowest BCUT2D eigenvalue weighted by Gasteiger charge is -2.08. The maximum absolute atomic E-state index is 12.3. The number of aryl methyl sites for hydroxylation is 2. The number of anilines is 1. The quantitative estimate of drug-likeness (QED) is 0.501. The van der Waals surface area contributed by atoms with Crippen molar-refractivity contribution in [2.75, 3.05) is 5.43 Å². The second-order valence-electron chi connectivity index (χ2n) is 6.25. The molecule has 2 heterocycles. The van der Waals surface area contributed by atoms with E-state index in [0.717, 1.165) is 24.1 Å². The highest BCUT2D eigenvalue weighted by Gasteiger charge is 2.16. The van der Waals surface area contributed by atoms with Gasteiger partial charge in [0, 0.05) is 18.6 Å². The predicted molar refractivity (Wildman–Crippen MR) is 108 cm³/mol. The molecule has 0 saturated carbocycles. The van der Waals surface area contributed by atoms with E-state index in [1.807, 2.05) is 19.1 Å². The normalized spacial score (nSPS) is 11.9. The van der Waals surface area contributed by atoms with Crippen LogP contribution in [0.3, 0.4) is 0 Å². The van der Waals surface area contributed by atoms with Crippen LogP contribution in [0.5, 0.6) is 0 Å². The van der Waals surface area contributed by atoms with Crippen LogP contribution in [0.25, 0.3) is 11.2 Å². The second-order valence-corrected chi connectivity index (χ2v) is 6.68. The highest BCUT2D eigenvalue weighted by molar-refractivity contribution is 6.30. The van der Waals surface area contributed by atoms with Gasteiger partial charge in [-0.3, -0.25) is 14.3 Å². The smallest absolute Gasteiger partial charge is 0.303 e. The number of H-pyrrole nitrogens is 1. The number of hydrogen-bond donors (Lipinski definition) is 2. The first kappa shape index (κ1) is 18.9. The monoisotopic (exact) mass is 388 g/mol. The summed E-state index contributed by atoms with van der Waals surface area (Å²) in [6.45, 7) is 4.51. The minimum Gasteiger partial charge on any atom is -0.303 e. The van der Waals surface area contributed by atoms with E-state index < -0.39 is 11.2 Å². The third-order valence-corrected chi connectivity index (χ3v) is 4.58. The number of hydrogen-bond acceptors (Lipinski definition) is 5. The van der Waals surface area contributed by atoms with Gasteiger partial charge in [-0.15, -0.1) is 0 Å². The van der Waals surface area contributed by atoms with Crippen LogP contribution in [0.1, 0.15) is 32.3 Å². The molecule has 142 valence electrons. The van der Waals surface area contributed by atoms with Gasteiger partial charge in [0.25, 0.3) is 5.56 Å². The van der Waals surface area contributed by atoms with Gasteiger partial charge in [0.15, 0.2) is 11.2 Å². The molecule has 3 rings (SSSR count). The summed E-state index contributed by atoms with van der Waals surface area (Å²) in [5.41, 5.74) is 4.31. The Balaban J connectivity index is 2.05. The Morgan fingerprint density at radius 2 is 2.00 bits per heavy atom. The number of nitrogens with one attached hydrogen (secondary N) is 2. The molecular formula is C18H21ClN6O2. The zero-order valence-corrected chi connectivity index (χ0v) is 16.2. The SMILES string of the molecule is CCCCn1c(N/N=C(/C)c2ccc(Cl)cc2)nc2c1c(=O)[nH]c(=O)n2C. The molecule has 0 radical (unpaired) electrons. The number of aromatic amines is 1. The summed E-state index contributed by atoms with van der Waals surface area (Å²) in [5.74, 6) is 0.415. The zero-order chi connectivity index (χ0) is 19.6. The van der Waals surface area contributed by atoms with Crippen LogP contribution in [0.2, 0.25) is 5.02 Å². The van der Waals surface area contributed by atoms with Crippen LogP contribution in [0.15, 0.2) is 39.0 Å². The Hall–Kier alpha value is -2.87. The number of halogens is 1. The Labute approximate surface area is 160 Å². The largest absolute Gasteiger partial charge is 0.329 e. The van der Waals surface area contributed by atoms with Crippen molar-refractivity contribution >= 4 is 34.4 Å². The summed E-state index contributed by atoms with van der Waals surface area (Å²) < 4.78 is 3.08. The number of fused-ring (bicyclic) bond motifs is 1. The zero-order valence-electron chi connectivity index (χ0n) is 15.4. The van der Waals surface area contributed by atoms with Crippen LogP contribution in [-0.2, 0) is 13.6 Å². The summed E-state index contributed by atoms with van der Waals surface area (Å²) >= 11 is 5.92. The average molecular weight is 389 g/mol. The van der Waals surface area contributed by atoms with Crippen LogP contribution in [0.4, 0.5) is 5.95 Å². The number of imidazole rings is 1. The summed E-state index contributed by atoms with van der Waals surface area (Å²) in [5, 5.41) is 5.03. The molecule has 8 nitrogen and oxygen atoms in total. The molecule has 0 saturated heterocycles. The first-order valence-corrected chi connectivity index (χ1v) is 9.06. The van der Waals surface area contributed by atoms with Gasteiger partial charge in [-0.25, -0.2) is 10.2 Å². The molecule has 0 aliphatic rings. The van der Waals surface area contributed by atoms with E-state index in [-0.39, 0.29) is 0 Å². The Bertz CT molecular complexity index is 1110. The fraction of sp³-hybridized carbons (Fsp3) is 0.333. The molecule has 2 aromatic heterocycles. The van der Waals surface area contributed by atoms with E-state index in [9.17, 15) is 9.59 Å². The lowest BCUT2D eigenvalue weighted by molar-refractivity contribution is 0.647. The molecule has 0 unspecified atom stereocenters. The van der Waals surface area contributed by atoms with Gasteiger partial charge in [0.1, 0.15) is 0 Å². The summed E-state index contributed by atoms with van der Waals surface area (Å²) in [6, 6.07) is 7.33. The average Bonchev–Trinajstić information content (AvgIpc) is 3.02. The third-order valence-electron chi connectivity index (χ3n) is 4.33. The lowest BCUT2D eigenvalue weighted by atomic mass is 10.1. The standard InChI is InChI=1S/C18H21ClN6O2/c1-4-5-10-25-14-15(24(3)18(27)21-16(14)26)20-17(25)23-22-11(2)12-6-8-13(19)9-7-12/h6-9H,4-5,10H2,1-3H3,(H,20,23)(H,21,26,27)/b22-11-. The molecule has 0 aliphatic heterocycles. The number of hydrazone groups is 1. The van der Waals surface area contributed by atoms with Crippen LogP contribution in [0, 0.1) is 0 Å². The third kappa shape index (κ3) is 3.80. The molecule has 0 spiro atoms. The molecule has 0 bridgehead atoms. The van der Waals surface area contributed by atoms with Crippen molar-refractivity contribution in [3.05, 3.63) is 55.7 Å². The summed E-state index contributed by atoms with van der Waals surface area (Å²) in [7, 11) is 1.57. The molecule has 3 aromatic rings. The summed E-state index contributed by atoms with van der Waals surface area (Å²) in [4.78, 5) is 31.0. The molecule has 0 aliphatic carbocycles. The van der Waals surface area contributed by atoms with Gasteiger partial charge >= 0.3 is 5.69 Å². The van der Waals surface area contributed by atoms with E-state index in [4.69, 9.17) is 11.6 Å². The minimum atomic E-state index is -0.500. The highest BCUT2D eigenvalue weighted by Crippen LogP contribution is 2.17. The number of benzene rings is 1. The maximum Gasteiger partial charge on any atom is 0.329 e. The number of aromatic nitrogens is 4. The van der Waals surface area contributed by atoms with E-state index in [1.54, 1.807) is 23.7 Å². The van der Waals surface area contributed by atoms with Gasteiger partial charge in [-0.1, -0.05) is 37.1 Å². The maximum atomic E-state index is 12.3. The van der Waals surface area contributed by atoms with E-state index >= 15 is 0 Å². The molecule has 0 atom stereocenters. The Morgan fingerprint density at radius 3 is 2.67 bits per heavy atom. The Morgan fingerprint density at radius 1 is 1.30 bits per heavy atom. The van der Waals surface area contributed by atoms with Crippen LogP contribution in [-0.4, -0.2) is 24.8 Å². The molecule has 1 aromatic carbocycles. The fourth-order valence-electron chi connectivity index (χ4n) is 2.74. The van der Waals surface area contributed by atoms with Gasteiger partial charge < -0.3 is 4.57 Å². The van der Waals surface area contributed by atoms with Gasteiger partial charge in [0.05, 0.1) is 5.71 Å². The topological polar surface area (TPSA) is 97.1 Å². The molecule has 0 fully saturated rings. The van der Waals surface area contributed by atoms with E-state index in [0.29, 0.717) is 28.7 Å². The van der Waals surface area contributed by atoms with Crippen molar-refractivity contribution in [3.8, 4) is 0 Å². The van der Waals surface area contributed by atoms with Gasteiger partial charge in [-0.05, 0) is 31.0 Å². The fourth-order valence-corrected chi connectivity index (χ4v) is 2.87. The van der Waals surface area contributed by atoms with Crippen molar-refractivity contribution in [1.82, 2.24) is 19.1 Å². The number of unbranched alkanes of at least 4 members (excludes halogenated alkanes) is 1. The second kappa shape index (κ2) is 7.79. The molecule has 9 heteroatoms. The van der Waals surface area contributed by atoms with Crippen LogP contribution < -0.4 is 16.7 Å². The number of nitrogens with zero attached hydrogens (tertiary/aromatic N) is 4. The van der Waals surface area contributed by atoms with Gasteiger partial charge in [-0.2, -0.15) is 10.1 Å².